The highest BCUT2D eigenvalue weighted by Gasteiger charge is 2.01. The molecule has 0 fully saturated rings. The number of carbonyl (C=O) groups excluding carboxylic acids is 1. The summed E-state index contributed by atoms with van der Waals surface area (Å²) >= 11 is 1.36. The van der Waals surface area contributed by atoms with E-state index >= 15 is 0 Å². The van der Waals surface area contributed by atoms with E-state index in [0.29, 0.717) is 11.6 Å². The third-order valence-corrected chi connectivity index (χ3v) is 2.43. The summed E-state index contributed by atoms with van der Waals surface area (Å²) in [4.78, 5) is 15.1. The van der Waals surface area contributed by atoms with Gasteiger partial charge in [0.15, 0.2) is 0 Å². The summed E-state index contributed by atoms with van der Waals surface area (Å²) in [6.07, 6.45) is 0. The zero-order chi connectivity index (χ0) is 10.4. The van der Waals surface area contributed by atoms with Crippen LogP contribution >= 0.6 is 11.8 Å². The Hall–Kier alpha value is -1.27. The van der Waals surface area contributed by atoms with Crippen LogP contribution in [-0.4, -0.2) is 23.7 Å². The van der Waals surface area contributed by atoms with Gasteiger partial charge in [-0.15, -0.1) is 0 Å². The van der Waals surface area contributed by atoms with Gasteiger partial charge in [0.2, 0.25) is 5.91 Å². The first kappa shape index (κ1) is 10.8. The van der Waals surface area contributed by atoms with Crippen molar-refractivity contribution in [2.75, 3.05) is 18.2 Å². The Morgan fingerprint density at radius 2 is 2.43 bits per heavy atom. The molecule has 1 amide bonds. The highest BCUT2D eigenvalue weighted by atomic mass is 32.2. The Bertz CT molecular complexity index is 318. The standard InChI is InChI=1S/C8H12N4OS/c1-10-7(13)5-14-8-4-2-3-6(11-8)12-9/h2-4H,5,9H2,1H3,(H,10,13)(H,11,12). The fraction of sp³-hybridized carbons (Fsp3) is 0.250. The maximum atomic E-state index is 10.9. The number of hydrazine groups is 1. The maximum absolute atomic E-state index is 10.9. The Morgan fingerprint density at radius 1 is 1.64 bits per heavy atom. The molecule has 5 nitrogen and oxygen atoms in total. The molecular weight excluding hydrogens is 200 g/mol. The average molecular weight is 212 g/mol. The van der Waals surface area contributed by atoms with Gasteiger partial charge in [-0.05, 0) is 12.1 Å². The number of thioether (sulfide) groups is 1. The lowest BCUT2D eigenvalue weighted by atomic mass is 10.5. The molecule has 1 rings (SSSR count). The number of hydrogen-bond donors (Lipinski definition) is 3. The van der Waals surface area contributed by atoms with Gasteiger partial charge < -0.3 is 10.7 Å². The first-order valence-corrected chi connectivity index (χ1v) is 5.02. The summed E-state index contributed by atoms with van der Waals surface area (Å²) in [5.74, 6) is 6.12. The molecule has 1 heterocycles. The number of pyridine rings is 1. The highest BCUT2D eigenvalue weighted by Crippen LogP contribution is 2.16. The Balaban J connectivity index is 2.54. The van der Waals surface area contributed by atoms with Gasteiger partial charge in [0, 0.05) is 7.05 Å². The van der Waals surface area contributed by atoms with Crippen molar-refractivity contribution >= 4 is 23.5 Å². The van der Waals surface area contributed by atoms with Crippen molar-refractivity contribution < 1.29 is 4.79 Å². The second-order valence-corrected chi connectivity index (χ2v) is 3.46. The quantitative estimate of drug-likeness (QED) is 0.377. The largest absolute Gasteiger partial charge is 0.358 e. The Kier molecular flexibility index (Phi) is 4.21. The fourth-order valence-electron chi connectivity index (χ4n) is 0.787. The van der Waals surface area contributed by atoms with Crippen LogP contribution in [0.1, 0.15) is 0 Å². The minimum absolute atomic E-state index is 0.0251. The van der Waals surface area contributed by atoms with Crippen LogP contribution in [0.3, 0.4) is 0 Å². The van der Waals surface area contributed by atoms with Gasteiger partial charge >= 0.3 is 0 Å². The predicted molar refractivity (Wildman–Crippen MR) is 56.8 cm³/mol. The van der Waals surface area contributed by atoms with Gasteiger partial charge in [0.1, 0.15) is 5.82 Å². The number of rotatable bonds is 4. The van der Waals surface area contributed by atoms with Crippen LogP contribution in [0.25, 0.3) is 0 Å². The molecule has 1 aromatic heterocycles. The summed E-state index contributed by atoms with van der Waals surface area (Å²) in [7, 11) is 1.61. The molecule has 0 spiro atoms. The van der Waals surface area contributed by atoms with Crippen molar-refractivity contribution in [1.82, 2.24) is 10.3 Å². The molecule has 0 bridgehead atoms. The van der Waals surface area contributed by atoms with E-state index < -0.39 is 0 Å². The first-order valence-electron chi connectivity index (χ1n) is 4.03. The van der Waals surface area contributed by atoms with Crippen LogP contribution in [0.4, 0.5) is 5.82 Å². The van der Waals surface area contributed by atoms with Crippen molar-refractivity contribution in [1.29, 1.82) is 0 Å². The van der Waals surface area contributed by atoms with Crippen LogP contribution in [0.2, 0.25) is 0 Å². The van der Waals surface area contributed by atoms with Gasteiger partial charge in [0.05, 0.1) is 10.8 Å². The topological polar surface area (TPSA) is 80.0 Å². The van der Waals surface area contributed by atoms with E-state index in [1.165, 1.54) is 11.8 Å². The molecular formula is C8H12N4OS. The van der Waals surface area contributed by atoms with Gasteiger partial charge in [-0.1, -0.05) is 17.8 Å². The van der Waals surface area contributed by atoms with Crippen LogP contribution < -0.4 is 16.6 Å². The zero-order valence-corrected chi connectivity index (χ0v) is 8.60. The minimum atomic E-state index is -0.0251. The predicted octanol–water partition coefficient (Wildman–Crippen LogP) is 0.205. The number of hydrogen-bond acceptors (Lipinski definition) is 5. The number of nitrogens with one attached hydrogen (secondary N) is 2. The van der Waals surface area contributed by atoms with Crippen LogP contribution in [0.15, 0.2) is 23.2 Å². The van der Waals surface area contributed by atoms with Gasteiger partial charge in [0.25, 0.3) is 0 Å². The maximum Gasteiger partial charge on any atom is 0.230 e. The monoisotopic (exact) mass is 212 g/mol. The lowest BCUT2D eigenvalue weighted by molar-refractivity contribution is -0.118. The molecule has 76 valence electrons. The fourth-order valence-corrected chi connectivity index (χ4v) is 1.55. The number of nitrogen functional groups attached to an aromatic ring is 1. The molecule has 0 aromatic carbocycles. The van der Waals surface area contributed by atoms with Crippen molar-refractivity contribution in [2.24, 2.45) is 5.84 Å². The first-order chi connectivity index (χ1) is 6.76. The number of nitrogens with two attached hydrogens (primary N) is 1. The minimum Gasteiger partial charge on any atom is -0.358 e. The second-order valence-electron chi connectivity index (χ2n) is 2.47. The van der Waals surface area contributed by atoms with E-state index in [0.717, 1.165) is 5.03 Å². The van der Waals surface area contributed by atoms with Gasteiger partial charge in [-0.25, -0.2) is 10.8 Å². The molecule has 14 heavy (non-hydrogen) atoms. The zero-order valence-electron chi connectivity index (χ0n) is 7.78. The summed E-state index contributed by atoms with van der Waals surface area (Å²) in [5, 5.41) is 3.30. The van der Waals surface area contributed by atoms with E-state index in [9.17, 15) is 4.79 Å². The SMILES string of the molecule is CNC(=O)CSc1cccc(NN)n1. The average Bonchev–Trinajstić information content (AvgIpc) is 2.26. The van der Waals surface area contributed by atoms with E-state index in [2.05, 4.69) is 15.7 Å². The summed E-state index contributed by atoms with van der Waals surface area (Å²) < 4.78 is 0. The summed E-state index contributed by atoms with van der Waals surface area (Å²) in [6, 6.07) is 5.41. The number of aromatic nitrogens is 1. The normalized spacial score (nSPS) is 9.57. The van der Waals surface area contributed by atoms with E-state index in [4.69, 9.17) is 5.84 Å². The molecule has 1 aromatic rings. The van der Waals surface area contributed by atoms with E-state index in [1.807, 2.05) is 12.1 Å². The second kappa shape index (κ2) is 5.46. The lowest BCUT2D eigenvalue weighted by Gasteiger charge is -2.02. The third-order valence-electron chi connectivity index (χ3n) is 1.50. The van der Waals surface area contributed by atoms with E-state index in [-0.39, 0.29) is 5.91 Å². The van der Waals surface area contributed by atoms with E-state index in [1.54, 1.807) is 13.1 Å². The van der Waals surface area contributed by atoms with Crippen molar-refractivity contribution in [2.45, 2.75) is 5.03 Å². The Morgan fingerprint density at radius 3 is 3.07 bits per heavy atom. The number of nitrogens with zero attached hydrogens (tertiary/aromatic N) is 1. The van der Waals surface area contributed by atoms with Crippen LogP contribution in [0, 0.1) is 0 Å². The molecule has 0 aliphatic heterocycles. The molecule has 0 saturated carbocycles. The molecule has 0 aliphatic carbocycles. The third kappa shape index (κ3) is 3.23. The number of amides is 1. The van der Waals surface area contributed by atoms with Crippen LogP contribution in [-0.2, 0) is 4.79 Å². The lowest BCUT2D eigenvalue weighted by Crippen LogP contribution is -2.19. The summed E-state index contributed by atoms with van der Waals surface area (Å²) in [6.45, 7) is 0. The molecule has 0 atom stereocenters. The van der Waals surface area contributed by atoms with Gasteiger partial charge in [-0.3, -0.25) is 4.79 Å². The molecule has 0 aliphatic rings. The van der Waals surface area contributed by atoms with Crippen molar-refractivity contribution in [3.63, 3.8) is 0 Å². The smallest absolute Gasteiger partial charge is 0.230 e. The van der Waals surface area contributed by atoms with Crippen molar-refractivity contribution in [3.8, 4) is 0 Å². The molecule has 0 unspecified atom stereocenters. The number of carbonyl (C=O) groups is 1. The van der Waals surface area contributed by atoms with Crippen molar-refractivity contribution in [3.05, 3.63) is 18.2 Å². The molecule has 4 N–H and O–H groups in total. The number of anilines is 1. The Labute approximate surface area is 86.4 Å². The van der Waals surface area contributed by atoms with Gasteiger partial charge in [-0.2, -0.15) is 0 Å². The molecule has 0 radical (unpaired) electrons. The molecule has 0 saturated heterocycles. The molecule has 6 heteroatoms. The van der Waals surface area contributed by atoms with Crippen LogP contribution in [0.5, 0.6) is 0 Å². The highest BCUT2D eigenvalue weighted by molar-refractivity contribution is 7.99. The summed E-state index contributed by atoms with van der Waals surface area (Å²) in [5.41, 5.74) is 2.44.